The van der Waals surface area contributed by atoms with Gasteiger partial charge in [-0.15, -0.1) is 0 Å². The van der Waals surface area contributed by atoms with Gasteiger partial charge in [-0.25, -0.2) is 6.92 Å². The summed E-state index contributed by atoms with van der Waals surface area (Å²) in [4.78, 5) is 0. The molecule has 20 heteroatoms. The summed E-state index contributed by atoms with van der Waals surface area (Å²) in [6, 6.07) is 9.25. The number of aliphatic hydroxyl groups excluding tert-OH is 10. The molecule has 3 aliphatic rings. The maximum Gasteiger partial charge on any atom is 0.187 e. The first-order valence-electron chi connectivity index (χ1n) is 17.1. The summed E-state index contributed by atoms with van der Waals surface area (Å²) in [5.74, 6) is 0. The summed E-state index contributed by atoms with van der Waals surface area (Å²) in [5.41, 5.74) is 2.01. The zero-order valence-corrected chi connectivity index (χ0v) is 35.8. The summed E-state index contributed by atoms with van der Waals surface area (Å²) in [6.45, 7) is 11.9. The number of rotatable bonds is 11. The summed E-state index contributed by atoms with van der Waals surface area (Å²) >= 11 is 0. The van der Waals surface area contributed by atoms with Gasteiger partial charge in [0.2, 0.25) is 0 Å². The van der Waals surface area contributed by atoms with E-state index >= 15 is 0 Å². The number of nitrogens with zero attached hydrogens (tertiary/aromatic N) is 3. The molecule has 1 aromatic heterocycles. The van der Waals surface area contributed by atoms with Crippen LogP contribution in [0.25, 0.3) is 0 Å². The van der Waals surface area contributed by atoms with Gasteiger partial charge in [-0.1, -0.05) is 73.1 Å². The van der Waals surface area contributed by atoms with Crippen molar-refractivity contribution >= 4 is 13.3 Å². The fourth-order valence-electron chi connectivity index (χ4n) is 6.14. The molecule has 18 nitrogen and oxygen atoms in total. The number of hydrogen-bond acceptors (Lipinski definition) is 17. The van der Waals surface area contributed by atoms with E-state index in [1.165, 1.54) is 10.8 Å². The Bertz CT molecular complexity index is 1370. The topological polar surface area (TPSA) is 279 Å². The van der Waals surface area contributed by atoms with E-state index in [1.54, 1.807) is 0 Å². The van der Waals surface area contributed by atoms with Gasteiger partial charge in [-0.3, -0.25) is 0 Å². The molecular weight excluding hydrogens is 933 g/mol. The molecule has 0 spiro atoms. The van der Waals surface area contributed by atoms with Crippen LogP contribution in [0.2, 0.25) is 19.6 Å². The van der Waals surface area contributed by atoms with Gasteiger partial charge in [-0.2, -0.15) is 11.7 Å². The van der Waals surface area contributed by atoms with Crippen molar-refractivity contribution in [3.05, 3.63) is 55.3 Å². The second kappa shape index (κ2) is 20.6. The summed E-state index contributed by atoms with van der Waals surface area (Å²) in [6.07, 6.45) is -19.1. The van der Waals surface area contributed by atoms with Gasteiger partial charge in [0.05, 0.1) is 46.1 Å². The van der Waals surface area contributed by atoms with Crippen LogP contribution in [0.4, 0.5) is 0 Å². The SMILES string of the molecule is OCC1O[C@H](O[C@@H]2C(CO)O[C@H](O[C@@H]3C(CO)O[CH-]C(O)[C@H]3O)C(O)[C@H]2O)C(O)[C@@H](O)[C@@H]1O.[Ac].[CH2-]c1cn(C(CC)c2ccc([Si](C)(C)C)cc2)nn1. The Balaban J connectivity index is 0.000000322. The number of hydrogen-bond donors (Lipinski definition) is 10. The minimum atomic E-state index is -1.85. The van der Waals surface area contributed by atoms with Gasteiger partial charge in [0.15, 0.2) is 12.6 Å². The molecule has 0 amide bonds. The van der Waals surface area contributed by atoms with Crippen molar-refractivity contribution in [2.45, 2.75) is 125 Å². The monoisotopic (exact) mass is 986 g/mol. The van der Waals surface area contributed by atoms with E-state index in [2.05, 4.69) is 68.1 Å². The number of aliphatic hydroxyl groups is 10. The third-order valence-corrected chi connectivity index (χ3v) is 11.4. The number of ether oxygens (including phenoxy) is 5. The first-order valence-corrected chi connectivity index (χ1v) is 20.6. The van der Waals surface area contributed by atoms with Crippen molar-refractivity contribution in [3.8, 4) is 0 Å². The van der Waals surface area contributed by atoms with Crippen LogP contribution in [-0.2, 0) is 23.7 Å². The molecule has 5 rings (SSSR count). The van der Waals surface area contributed by atoms with E-state index < -0.39 is 114 Å². The molecule has 0 aliphatic carbocycles. The minimum absolute atomic E-state index is 0. The largest absolute Gasteiger partial charge is 0.544 e. The average molecular weight is 987 g/mol. The predicted octanol–water partition coefficient (Wildman–Crippen LogP) is -3.72. The van der Waals surface area contributed by atoms with Crippen LogP contribution in [0.3, 0.4) is 0 Å². The number of aromatic nitrogens is 3. The molecule has 1 radical (unpaired) electrons. The Hall–Kier alpha value is -0.712. The second-order valence-electron chi connectivity index (χ2n) is 14.1. The molecule has 53 heavy (non-hydrogen) atoms. The van der Waals surface area contributed by atoms with Gasteiger partial charge in [-0.05, 0) is 18.1 Å². The normalized spacial score (nSPS) is 36.9. The Morgan fingerprint density at radius 3 is 1.79 bits per heavy atom. The second-order valence-corrected chi connectivity index (χ2v) is 19.1. The molecule has 10 N–H and O–H groups in total. The maximum atomic E-state index is 10.6. The first-order chi connectivity index (χ1) is 24.6. The van der Waals surface area contributed by atoms with Crippen molar-refractivity contribution in [3.63, 3.8) is 0 Å². The van der Waals surface area contributed by atoms with E-state index in [9.17, 15) is 51.1 Å². The Labute approximate surface area is 344 Å². The molecule has 2 aromatic rings. The standard InChI is InChI=1S/C18H31O15.C15H22N3Si.Ac/c19-1-6-10(24)11(25)13(27)17(30-6)33-16-8(3-21)31-18(14(28)12(16)26)32-15-7(2-20)29-4-5(22)9(15)23;1-6-15(18-11-12(2)16-17-18)13-7-9-14(10-8-13)19(3,4)5;/h4-28H,1-3H2;7-11,15H,2,6H2,1,3-5H3;/q2*-1;/t5?,6?,7?,8?,9-,10-,11+,12-,13?,14?,15-,16-,17-,18-;;/m1../s1. The summed E-state index contributed by atoms with van der Waals surface area (Å²) in [5, 5.41) is 109. The Morgan fingerprint density at radius 1 is 0.774 bits per heavy atom. The molecule has 0 saturated carbocycles. The molecule has 3 saturated heterocycles. The molecule has 7 unspecified atom stereocenters. The zero-order valence-electron chi connectivity index (χ0n) is 30.1. The zero-order chi connectivity index (χ0) is 38.5. The van der Waals surface area contributed by atoms with Crippen LogP contribution >= 0.6 is 0 Å². The van der Waals surface area contributed by atoms with E-state index in [1.807, 2.05) is 10.9 Å². The van der Waals surface area contributed by atoms with Crippen LogP contribution in [0, 0.1) is 57.6 Å². The van der Waals surface area contributed by atoms with E-state index in [4.69, 9.17) is 23.7 Å². The molecule has 3 aliphatic heterocycles. The smallest absolute Gasteiger partial charge is 0.187 e. The van der Waals surface area contributed by atoms with Crippen LogP contribution in [0.5, 0.6) is 0 Å². The van der Waals surface area contributed by atoms with E-state index in [0.29, 0.717) is 0 Å². The molecule has 1 aromatic carbocycles. The van der Waals surface area contributed by atoms with Gasteiger partial charge < -0.3 is 79.4 Å². The van der Waals surface area contributed by atoms with E-state index in [-0.39, 0.29) is 50.1 Å². The van der Waals surface area contributed by atoms with Crippen LogP contribution in [0.1, 0.15) is 30.6 Å². The summed E-state index contributed by atoms with van der Waals surface area (Å²) in [7, 11) is -1.22. The quantitative estimate of drug-likeness (QED) is 0.0766. The molecule has 4 heterocycles. The van der Waals surface area contributed by atoms with Gasteiger partial charge in [0.25, 0.3) is 0 Å². The Kier molecular flexibility index (Phi) is 18.2. The van der Waals surface area contributed by atoms with Crippen LogP contribution in [0.15, 0.2) is 30.5 Å². The van der Waals surface area contributed by atoms with Crippen molar-refractivity contribution in [2.75, 3.05) is 19.8 Å². The molecule has 0 bridgehead atoms. The molecule has 15 atom stereocenters. The third kappa shape index (κ3) is 11.2. The van der Waals surface area contributed by atoms with Crippen molar-refractivity contribution < 1.29 is 119 Å². The Morgan fingerprint density at radius 2 is 1.30 bits per heavy atom. The van der Waals surface area contributed by atoms with Crippen molar-refractivity contribution in [2.24, 2.45) is 0 Å². The maximum absolute atomic E-state index is 10.6. The van der Waals surface area contributed by atoms with Crippen molar-refractivity contribution in [1.82, 2.24) is 15.0 Å². The average Bonchev–Trinajstić information content (AvgIpc) is 3.55. The molecule has 3 fully saturated rings. The van der Waals surface area contributed by atoms with Crippen molar-refractivity contribution in [1.29, 1.82) is 0 Å². The van der Waals surface area contributed by atoms with Crippen LogP contribution in [-0.4, -0.2) is 180 Å². The van der Waals surface area contributed by atoms with E-state index in [0.717, 1.165) is 18.7 Å². The minimum Gasteiger partial charge on any atom is -0.544 e. The van der Waals surface area contributed by atoms with Gasteiger partial charge in [0, 0.05) is 44.1 Å². The first kappa shape index (κ1) is 46.7. The summed E-state index contributed by atoms with van der Waals surface area (Å²) < 4.78 is 28.5. The van der Waals surface area contributed by atoms with Gasteiger partial charge >= 0.3 is 0 Å². The third-order valence-electron chi connectivity index (χ3n) is 9.30. The number of benzene rings is 1. The fraction of sp³-hybridized carbons (Fsp3) is 0.697. The van der Waals surface area contributed by atoms with Gasteiger partial charge in [0.1, 0.15) is 54.9 Å². The van der Waals surface area contributed by atoms with Crippen LogP contribution < -0.4 is 5.19 Å². The predicted molar refractivity (Wildman–Crippen MR) is 182 cm³/mol. The molecule has 299 valence electrons. The fourth-order valence-corrected chi connectivity index (χ4v) is 7.30. The molecular formula is C33H53AcN3O15Si-2.